The zero-order chi connectivity index (χ0) is 20.8. The Morgan fingerprint density at radius 1 is 1.21 bits per heavy atom. The van der Waals surface area contributed by atoms with Gasteiger partial charge >= 0.3 is 0 Å². The highest BCUT2D eigenvalue weighted by atomic mass is 16.3. The molecule has 28 heavy (non-hydrogen) atoms. The molecule has 2 aliphatic rings. The van der Waals surface area contributed by atoms with Crippen LogP contribution in [-0.4, -0.2) is 60.0 Å². The maximum Gasteiger partial charge on any atom is 0.243 e. The summed E-state index contributed by atoms with van der Waals surface area (Å²) in [5, 5.41) is 15.2. The third-order valence-electron chi connectivity index (χ3n) is 6.00. The van der Waals surface area contributed by atoms with Crippen molar-refractivity contribution >= 4 is 17.7 Å². The fourth-order valence-electron chi connectivity index (χ4n) is 4.81. The molecule has 0 aromatic carbocycles. The summed E-state index contributed by atoms with van der Waals surface area (Å²) in [4.78, 5) is 40.5. The molecule has 1 aliphatic carbocycles. The normalized spacial score (nSPS) is 30.1. The minimum absolute atomic E-state index is 0.0118. The lowest BCUT2D eigenvalue weighted by atomic mass is 9.68. The number of nitrogens with one attached hydrogen (secondary N) is 2. The summed E-state index contributed by atoms with van der Waals surface area (Å²) in [5.41, 5.74) is 0. The van der Waals surface area contributed by atoms with Crippen LogP contribution in [0.2, 0.25) is 0 Å². The van der Waals surface area contributed by atoms with Crippen molar-refractivity contribution in [3.05, 3.63) is 12.2 Å². The first-order valence-corrected chi connectivity index (χ1v) is 10.5. The number of fused-ring (bicyclic) bond motifs is 1. The number of likely N-dealkylation sites (tertiary alicyclic amines) is 1. The molecule has 1 unspecified atom stereocenters. The van der Waals surface area contributed by atoms with Crippen molar-refractivity contribution in [3.63, 3.8) is 0 Å². The Morgan fingerprint density at radius 2 is 1.93 bits per heavy atom. The second-order valence-corrected chi connectivity index (χ2v) is 7.98. The van der Waals surface area contributed by atoms with Crippen LogP contribution >= 0.6 is 0 Å². The highest BCUT2D eigenvalue weighted by Crippen LogP contribution is 2.45. The van der Waals surface area contributed by atoms with Crippen LogP contribution in [0.3, 0.4) is 0 Å². The van der Waals surface area contributed by atoms with E-state index in [4.69, 9.17) is 0 Å². The van der Waals surface area contributed by atoms with Gasteiger partial charge in [0.1, 0.15) is 6.04 Å². The van der Waals surface area contributed by atoms with E-state index in [1.54, 1.807) is 7.05 Å². The van der Waals surface area contributed by atoms with E-state index in [9.17, 15) is 19.5 Å². The lowest BCUT2D eigenvalue weighted by molar-refractivity contribution is -0.141. The fraction of sp³-hybridized carbons (Fsp3) is 0.762. The molecule has 0 bridgehead atoms. The number of carbonyl (C=O) groups excluding carboxylic acids is 3. The molecule has 1 heterocycles. The minimum atomic E-state index is -0.685. The number of amides is 3. The van der Waals surface area contributed by atoms with E-state index in [0.717, 1.165) is 25.7 Å². The van der Waals surface area contributed by atoms with Gasteiger partial charge in [-0.15, -0.1) is 0 Å². The summed E-state index contributed by atoms with van der Waals surface area (Å²) in [6, 6.07) is -0.673. The van der Waals surface area contributed by atoms with Gasteiger partial charge < -0.3 is 20.6 Å². The second-order valence-electron chi connectivity index (χ2n) is 7.98. The van der Waals surface area contributed by atoms with Gasteiger partial charge in [-0.25, -0.2) is 0 Å². The Bertz CT molecular complexity index is 606. The van der Waals surface area contributed by atoms with Crippen LogP contribution in [0.4, 0.5) is 0 Å². The van der Waals surface area contributed by atoms with E-state index in [1.807, 2.05) is 19.1 Å². The Labute approximate surface area is 167 Å². The SMILES string of the molecule is CCCC(C)NC(=O)[C@@H]1[C@H]2C=C[C@@H](CCC)[C@@H](C(=O)NC)[C@@H]2C(=O)N1CCO. The Balaban J connectivity index is 2.38. The van der Waals surface area contributed by atoms with Crippen molar-refractivity contribution < 1.29 is 19.5 Å². The smallest absolute Gasteiger partial charge is 0.243 e. The van der Waals surface area contributed by atoms with Crippen molar-refractivity contribution in [2.24, 2.45) is 23.7 Å². The molecule has 0 aromatic rings. The van der Waals surface area contributed by atoms with E-state index >= 15 is 0 Å². The molecule has 1 aliphatic heterocycles. The topological polar surface area (TPSA) is 98.7 Å². The number of carbonyl (C=O) groups is 3. The first-order chi connectivity index (χ1) is 13.4. The number of hydrogen-bond donors (Lipinski definition) is 3. The Morgan fingerprint density at radius 3 is 2.50 bits per heavy atom. The van der Waals surface area contributed by atoms with E-state index < -0.39 is 17.9 Å². The lowest BCUT2D eigenvalue weighted by Crippen LogP contribution is -2.50. The lowest BCUT2D eigenvalue weighted by Gasteiger charge is -2.34. The Kier molecular flexibility index (Phi) is 8.04. The third-order valence-corrected chi connectivity index (χ3v) is 6.00. The molecule has 0 spiro atoms. The molecule has 158 valence electrons. The number of allylic oxidation sites excluding steroid dienone is 1. The first-order valence-electron chi connectivity index (χ1n) is 10.5. The summed E-state index contributed by atoms with van der Waals surface area (Å²) in [6.07, 6.45) is 7.50. The second kappa shape index (κ2) is 10.0. The van der Waals surface area contributed by atoms with Crippen molar-refractivity contribution in [1.29, 1.82) is 0 Å². The van der Waals surface area contributed by atoms with Crippen molar-refractivity contribution in [1.82, 2.24) is 15.5 Å². The molecular weight excluding hydrogens is 358 g/mol. The predicted octanol–water partition coefficient (Wildman–Crippen LogP) is 1.08. The van der Waals surface area contributed by atoms with Crippen LogP contribution in [0.15, 0.2) is 12.2 Å². The third kappa shape index (κ3) is 4.40. The number of nitrogens with zero attached hydrogens (tertiary/aromatic N) is 1. The summed E-state index contributed by atoms with van der Waals surface area (Å²) < 4.78 is 0. The number of rotatable bonds is 9. The maximum atomic E-state index is 13.3. The minimum Gasteiger partial charge on any atom is -0.395 e. The summed E-state index contributed by atoms with van der Waals surface area (Å²) in [7, 11) is 1.58. The van der Waals surface area contributed by atoms with Gasteiger partial charge in [0, 0.05) is 25.6 Å². The van der Waals surface area contributed by atoms with Crippen LogP contribution in [0.25, 0.3) is 0 Å². The standard InChI is InChI=1S/C21H35N3O4/c1-5-7-13(3)23-20(27)18-15-10-9-14(8-6-2)16(19(26)22-4)17(15)21(28)24(18)11-12-25/h9-10,13-18,25H,5-8,11-12H2,1-4H3,(H,22,26)(H,23,27)/t13?,14-,15+,16-,17-,18+/m1/s1. The zero-order valence-corrected chi connectivity index (χ0v) is 17.5. The number of aliphatic hydroxyl groups is 1. The molecule has 7 heteroatoms. The average molecular weight is 394 g/mol. The fourth-order valence-corrected chi connectivity index (χ4v) is 4.81. The van der Waals surface area contributed by atoms with Crippen LogP contribution in [0.5, 0.6) is 0 Å². The van der Waals surface area contributed by atoms with Crippen molar-refractivity contribution in [3.8, 4) is 0 Å². The van der Waals surface area contributed by atoms with Crippen molar-refractivity contribution in [2.45, 2.75) is 58.5 Å². The number of hydrogen-bond acceptors (Lipinski definition) is 4. The van der Waals surface area contributed by atoms with Gasteiger partial charge in [0.25, 0.3) is 0 Å². The highest BCUT2D eigenvalue weighted by molar-refractivity contribution is 5.96. The zero-order valence-electron chi connectivity index (χ0n) is 17.5. The van der Waals surface area contributed by atoms with Gasteiger partial charge in [0.05, 0.1) is 18.4 Å². The highest BCUT2D eigenvalue weighted by Gasteiger charge is 2.56. The maximum absolute atomic E-state index is 13.3. The van der Waals surface area contributed by atoms with E-state index in [0.29, 0.717) is 0 Å². The van der Waals surface area contributed by atoms with Crippen LogP contribution < -0.4 is 10.6 Å². The predicted molar refractivity (Wildman–Crippen MR) is 107 cm³/mol. The Hall–Kier alpha value is -1.89. The monoisotopic (exact) mass is 393 g/mol. The average Bonchev–Trinajstić information content (AvgIpc) is 2.94. The van der Waals surface area contributed by atoms with E-state index in [2.05, 4.69) is 24.5 Å². The molecule has 0 radical (unpaired) electrons. The molecule has 3 amide bonds. The summed E-state index contributed by atoms with van der Waals surface area (Å²) >= 11 is 0. The quantitative estimate of drug-likeness (QED) is 0.511. The first kappa shape index (κ1) is 22.4. The van der Waals surface area contributed by atoms with Crippen molar-refractivity contribution in [2.75, 3.05) is 20.2 Å². The van der Waals surface area contributed by atoms with Gasteiger partial charge in [-0.1, -0.05) is 38.8 Å². The molecule has 1 fully saturated rings. The molecule has 7 nitrogen and oxygen atoms in total. The molecule has 0 aromatic heterocycles. The summed E-state index contributed by atoms with van der Waals surface area (Å²) in [5.74, 6) is -2.00. The molecule has 6 atom stereocenters. The molecular formula is C21H35N3O4. The van der Waals surface area contributed by atoms with Gasteiger partial charge in [-0.05, 0) is 25.7 Å². The molecule has 2 rings (SSSR count). The van der Waals surface area contributed by atoms with Crippen LogP contribution in [0.1, 0.15) is 46.5 Å². The van der Waals surface area contributed by atoms with E-state index in [-0.39, 0.29) is 48.8 Å². The number of β-amino-alcohol motifs (C(OH)–C–C–N with tert-alkyl or cyclic N) is 1. The number of aliphatic hydroxyl groups excluding tert-OH is 1. The van der Waals surface area contributed by atoms with E-state index in [1.165, 1.54) is 4.90 Å². The van der Waals surface area contributed by atoms with Crippen LogP contribution in [0, 0.1) is 23.7 Å². The summed E-state index contributed by atoms with van der Waals surface area (Å²) in [6.45, 7) is 5.95. The molecule has 1 saturated heterocycles. The largest absolute Gasteiger partial charge is 0.395 e. The molecule has 0 saturated carbocycles. The van der Waals surface area contributed by atoms with Gasteiger partial charge in [0.2, 0.25) is 17.7 Å². The van der Waals surface area contributed by atoms with Gasteiger partial charge in [0.15, 0.2) is 0 Å². The van der Waals surface area contributed by atoms with Gasteiger partial charge in [-0.3, -0.25) is 14.4 Å². The van der Waals surface area contributed by atoms with Gasteiger partial charge in [-0.2, -0.15) is 0 Å². The molecule has 3 N–H and O–H groups in total. The van der Waals surface area contributed by atoms with Crippen LogP contribution in [-0.2, 0) is 14.4 Å².